The van der Waals surface area contributed by atoms with Gasteiger partial charge in [-0.25, -0.2) is 19.6 Å². The first-order valence-electron chi connectivity index (χ1n) is 25.8. The van der Waals surface area contributed by atoms with E-state index in [4.69, 9.17) is 19.4 Å². The number of nitrogens with zero attached hydrogens (tertiary/aromatic N) is 4. The monoisotopic (exact) mass is 963 g/mol. The van der Waals surface area contributed by atoms with Crippen LogP contribution in [0.25, 0.3) is 44.4 Å². The number of imidazole rings is 1. The summed E-state index contributed by atoms with van der Waals surface area (Å²) >= 11 is 0. The summed E-state index contributed by atoms with van der Waals surface area (Å²) in [5, 5.41) is 6.02. The van der Waals surface area contributed by atoms with Crippen molar-refractivity contribution >= 4 is 34.9 Å². The van der Waals surface area contributed by atoms with E-state index in [-0.39, 0.29) is 51.5 Å². The number of hydrogen-bond donors (Lipinski definition) is 4. The number of fused-ring (bicyclic) bond motifs is 2. The number of hydrogen-bond acceptors (Lipinski definition) is 9. The molecule has 4 atom stereocenters. The van der Waals surface area contributed by atoms with Gasteiger partial charge in [0.05, 0.1) is 49.1 Å². The summed E-state index contributed by atoms with van der Waals surface area (Å²) in [6, 6.07) is 17.1. The Balaban J connectivity index is 0.864. The minimum atomic E-state index is -0.770. The van der Waals surface area contributed by atoms with Crippen molar-refractivity contribution in [3.8, 4) is 33.5 Å². The summed E-state index contributed by atoms with van der Waals surface area (Å²) in [4.78, 5) is 87.1. The minimum absolute atomic E-state index is 0.00658. The summed E-state index contributed by atoms with van der Waals surface area (Å²) in [7, 11) is 2.60. The van der Waals surface area contributed by atoms with Crippen LogP contribution in [0.3, 0.4) is 0 Å². The fourth-order valence-electron chi connectivity index (χ4n) is 12.8. The van der Waals surface area contributed by atoms with Crippen molar-refractivity contribution in [2.45, 2.75) is 129 Å². The molecule has 4 aliphatic carbocycles. The lowest BCUT2D eigenvalue weighted by Gasteiger charge is -2.30. The third-order valence-electron chi connectivity index (χ3n) is 17.2. The van der Waals surface area contributed by atoms with Crippen LogP contribution in [0.4, 0.5) is 9.59 Å². The SMILES string of the molecule is COC(=O)N[C@H](C(=O)N1CC2(CC2)C[C@H]1c1ncc(-c2ccc(-c3ccc(-c4ccc5nc([C@@H]6CC7(CC7)CN6C(=O)[C@@H](NC(=O)OC)C(C)C)[nH]c(=O)c5c4)c4c3CC3(CCCC3)C4)cc2)[nH]1)C(C)C. The number of rotatable bonds is 11. The van der Waals surface area contributed by atoms with Crippen LogP contribution in [0.1, 0.15) is 127 Å². The van der Waals surface area contributed by atoms with E-state index >= 15 is 0 Å². The van der Waals surface area contributed by atoms with Gasteiger partial charge >= 0.3 is 12.2 Å². The lowest BCUT2D eigenvalue weighted by molar-refractivity contribution is -0.136. The second-order valence-electron chi connectivity index (χ2n) is 22.7. The van der Waals surface area contributed by atoms with E-state index < -0.39 is 30.3 Å². The number of ether oxygens (including phenoxy) is 2. The molecule has 0 radical (unpaired) electrons. The van der Waals surface area contributed by atoms with Crippen molar-refractivity contribution in [2.24, 2.45) is 28.1 Å². The van der Waals surface area contributed by atoms with Gasteiger partial charge in [-0.2, -0.15) is 0 Å². The van der Waals surface area contributed by atoms with Gasteiger partial charge < -0.3 is 39.9 Å². The van der Waals surface area contributed by atoms with Crippen LogP contribution in [0.15, 0.2) is 65.6 Å². The molecule has 0 bridgehead atoms. The van der Waals surface area contributed by atoms with Gasteiger partial charge in [-0.05, 0) is 143 Å². The predicted octanol–water partition coefficient (Wildman–Crippen LogP) is 9.17. The van der Waals surface area contributed by atoms with Crippen LogP contribution in [0, 0.1) is 28.1 Å². The van der Waals surface area contributed by atoms with Crippen molar-refractivity contribution in [3.63, 3.8) is 0 Å². The Bertz CT molecular complexity index is 3000. The maximum atomic E-state index is 14.1. The van der Waals surface area contributed by atoms with Crippen LogP contribution in [-0.4, -0.2) is 93.1 Å². The highest BCUT2D eigenvalue weighted by molar-refractivity contribution is 5.89. The maximum Gasteiger partial charge on any atom is 0.407 e. The van der Waals surface area contributed by atoms with Gasteiger partial charge in [0.15, 0.2) is 0 Å². The van der Waals surface area contributed by atoms with Crippen LogP contribution in [0.5, 0.6) is 0 Å². The summed E-state index contributed by atoms with van der Waals surface area (Å²) in [6.45, 7) is 8.87. The van der Waals surface area contributed by atoms with Crippen LogP contribution in [-0.2, 0) is 31.9 Å². The minimum Gasteiger partial charge on any atom is -0.453 e. The molecule has 372 valence electrons. The fourth-order valence-corrected chi connectivity index (χ4v) is 12.8. The number of alkyl carbamates (subject to hydrolysis) is 2. The van der Waals surface area contributed by atoms with Crippen molar-refractivity contribution in [1.29, 1.82) is 0 Å². The molecule has 11 rings (SSSR count). The quantitative estimate of drug-likeness (QED) is 0.1000. The third-order valence-corrected chi connectivity index (χ3v) is 17.2. The Morgan fingerprint density at radius 2 is 1.15 bits per heavy atom. The summed E-state index contributed by atoms with van der Waals surface area (Å²) < 4.78 is 9.71. The highest BCUT2D eigenvalue weighted by Gasteiger charge is 2.56. The van der Waals surface area contributed by atoms with Gasteiger partial charge in [-0.1, -0.05) is 83.0 Å². The Hall–Kier alpha value is -6.51. The van der Waals surface area contributed by atoms with E-state index in [0.717, 1.165) is 78.7 Å². The van der Waals surface area contributed by atoms with Crippen molar-refractivity contribution in [3.05, 3.63) is 93.9 Å². The first-order chi connectivity index (χ1) is 34.1. The van der Waals surface area contributed by atoms with Gasteiger partial charge in [0.1, 0.15) is 23.7 Å². The van der Waals surface area contributed by atoms with E-state index in [1.165, 1.54) is 56.6 Å². The molecule has 2 aliphatic heterocycles. The lowest BCUT2D eigenvalue weighted by Crippen LogP contribution is -2.51. The predicted molar refractivity (Wildman–Crippen MR) is 269 cm³/mol. The smallest absolute Gasteiger partial charge is 0.407 e. The Morgan fingerprint density at radius 3 is 1.68 bits per heavy atom. The molecule has 3 saturated carbocycles. The zero-order valence-corrected chi connectivity index (χ0v) is 41.8. The molecule has 4 amide bonds. The summed E-state index contributed by atoms with van der Waals surface area (Å²) in [5.74, 6) is 0.645. The molecule has 5 fully saturated rings. The number of benzene rings is 3. The molecule has 2 saturated heterocycles. The molecular formula is C56H66N8O7. The van der Waals surface area contributed by atoms with E-state index in [1.54, 1.807) is 0 Å². The molecule has 3 spiro atoms. The van der Waals surface area contributed by atoms with Crippen LogP contribution in [0.2, 0.25) is 0 Å². The number of aromatic nitrogens is 4. The molecule has 5 aromatic rings. The topological polar surface area (TPSA) is 192 Å². The number of carbonyl (C=O) groups excluding carboxylic acids is 4. The number of H-pyrrole nitrogens is 2. The molecule has 0 unspecified atom stereocenters. The Morgan fingerprint density at radius 1 is 0.648 bits per heavy atom. The number of nitrogens with one attached hydrogen (secondary N) is 4. The highest BCUT2D eigenvalue weighted by atomic mass is 16.5. The molecule has 71 heavy (non-hydrogen) atoms. The highest BCUT2D eigenvalue weighted by Crippen LogP contribution is 2.60. The van der Waals surface area contributed by atoms with E-state index in [9.17, 15) is 24.0 Å². The number of aromatic amines is 2. The van der Waals surface area contributed by atoms with Gasteiger partial charge in [-0.3, -0.25) is 14.4 Å². The molecule has 3 aromatic carbocycles. The third kappa shape index (κ3) is 8.56. The van der Waals surface area contributed by atoms with Crippen LogP contribution < -0.4 is 16.2 Å². The van der Waals surface area contributed by atoms with Gasteiger partial charge in [-0.15, -0.1) is 0 Å². The van der Waals surface area contributed by atoms with E-state index in [2.05, 4.69) is 63.1 Å². The van der Waals surface area contributed by atoms with E-state index in [1.807, 2.05) is 55.8 Å². The zero-order chi connectivity index (χ0) is 49.6. The van der Waals surface area contributed by atoms with E-state index in [0.29, 0.717) is 36.2 Å². The number of amides is 4. The summed E-state index contributed by atoms with van der Waals surface area (Å²) in [5.41, 5.74) is 9.83. The zero-order valence-electron chi connectivity index (χ0n) is 41.8. The number of carbonyl (C=O) groups is 4. The lowest BCUT2D eigenvalue weighted by atomic mass is 9.82. The van der Waals surface area contributed by atoms with Crippen molar-refractivity contribution < 1.29 is 28.7 Å². The Kier molecular flexibility index (Phi) is 11.7. The average molecular weight is 963 g/mol. The molecular weight excluding hydrogens is 897 g/mol. The normalized spacial score (nSPS) is 21.9. The maximum absolute atomic E-state index is 14.1. The molecule has 6 aliphatic rings. The second-order valence-corrected chi connectivity index (χ2v) is 22.7. The molecule has 15 heteroatoms. The Labute approximate surface area is 414 Å². The first kappa shape index (κ1) is 46.8. The van der Waals surface area contributed by atoms with Crippen molar-refractivity contribution in [1.82, 2.24) is 40.4 Å². The number of likely N-dealkylation sites (tertiary alicyclic amines) is 2. The van der Waals surface area contributed by atoms with Gasteiger partial charge in [0, 0.05) is 13.1 Å². The largest absolute Gasteiger partial charge is 0.453 e. The van der Waals surface area contributed by atoms with Crippen LogP contribution >= 0.6 is 0 Å². The first-order valence-corrected chi connectivity index (χ1v) is 25.8. The van der Waals surface area contributed by atoms with Gasteiger partial charge in [0.2, 0.25) is 11.8 Å². The average Bonchev–Trinajstić information content (AvgIpc) is 3.83. The summed E-state index contributed by atoms with van der Waals surface area (Å²) in [6.07, 6.45) is 13.2. The molecule has 2 aromatic heterocycles. The number of methoxy groups -OCH3 is 2. The molecule has 4 heterocycles. The molecule has 15 nitrogen and oxygen atoms in total. The van der Waals surface area contributed by atoms with Gasteiger partial charge in [0.25, 0.3) is 5.56 Å². The standard InChI is InChI=1S/C56H66N8O7/c1-31(2)45(60-52(68)70-5)50(66)63-29-55(19-20-55)26-43(63)47-57-28-42(59-47)34-11-9-33(10-12-34)36-14-15-37(40-25-54(24-39(36)40)17-7-8-18-54)35-13-16-41-38(23-35)49(65)62-48(58-41)44-27-56(21-22-56)30-64(44)51(67)46(32(3)4)61-53(69)71-6/h9-16,23,28,31-32,43-46H,7-8,17-22,24-27,29-30H2,1-6H3,(H,57,59)(H,60,68)(H,61,69)(H,58,62,65)/t43-,44-,45-,46-/m0/s1. The van der Waals surface area contributed by atoms with Crippen molar-refractivity contribution in [2.75, 3.05) is 27.3 Å². The molecule has 4 N–H and O–H groups in total. The second kappa shape index (κ2) is 17.7. The fraction of sp³-hybridized carbons (Fsp3) is 0.518.